The monoisotopic (exact) mass is 438 g/mol. The van der Waals surface area contributed by atoms with Crippen LogP contribution in [0, 0.1) is 0 Å². The summed E-state index contributed by atoms with van der Waals surface area (Å²) in [7, 11) is 1.98. The van der Waals surface area contributed by atoms with Gasteiger partial charge >= 0.3 is 5.97 Å². The maximum absolute atomic E-state index is 11.4. The Bertz CT molecular complexity index is 1070. The predicted octanol–water partition coefficient (Wildman–Crippen LogP) is 4.44. The molecule has 0 fully saturated rings. The third kappa shape index (κ3) is 4.88. The first-order valence-electron chi connectivity index (χ1n) is 10.0. The Balaban J connectivity index is 1.46. The molecule has 160 valence electrons. The van der Waals surface area contributed by atoms with Crippen LogP contribution in [0.5, 0.6) is 5.75 Å². The number of carboxylic acid groups (broad SMARTS) is 1. The number of anilines is 2. The number of nitrogens with one attached hydrogen (secondary N) is 1. The summed E-state index contributed by atoms with van der Waals surface area (Å²) in [5.74, 6) is 0.963. The van der Waals surface area contributed by atoms with E-state index in [2.05, 4.69) is 38.4 Å². The maximum atomic E-state index is 11.4. The van der Waals surface area contributed by atoms with Gasteiger partial charge < -0.3 is 20.1 Å². The average molecular weight is 439 g/mol. The number of aromatic carboxylic acids is 1. The van der Waals surface area contributed by atoms with Gasteiger partial charge in [0.05, 0.1) is 29.1 Å². The van der Waals surface area contributed by atoms with Crippen LogP contribution in [-0.4, -0.2) is 41.2 Å². The first kappa shape index (κ1) is 20.9. The summed E-state index contributed by atoms with van der Waals surface area (Å²) in [6.45, 7) is 1.92. The highest BCUT2D eigenvalue weighted by Crippen LogP contribution is 2.35. The number of pyridine rings is 2. The van der Waals surface area contributed by atoms with Crippen LogP contribution in [0.2, 0.25) is 5.02 Å². The molecule has 1 aromatic carbocycles. The Morgan fingerprint density at radius 1 is 1.29 bits per heavy atom. The second kappa shape index (κ2) is 9.22. The highest BCUT2D eigenvalue weighted by atomic mass is 35.5. The number of hydrogen-bond acceptors (Lipinski definition) is 6. The van der Waals surface area contributed by atoms with E-state index in [-0.39, 0.29) is 11.5 Å². The van der Waals surface area contributed by atoms with Crippen LogP contribution in [0.3, 0.4) is 0 Å². The summed E-state index contributed by atoms with van der Waals surface area (Å²) in [6, 6.07) is 11.5. The van der Waals surface area contributed by atoms with E-state index in [0.717, 1.165) is 29.1 Å². The lowest BCUT2D eigenvalue weighted by Gasteiger charge is -2.27. The van der Waals surface area contributed by atoms with Crippen molar-refractivity contribution in [2.75, 3.05) is 30.4 Å². The van der Waals surface area contributed by atoms with E-state index >= 15 is 0 Å². The third-order valence-electron chi connectivity index (χ3n) is 5.35. The standard InChI is InChI=1S/C23H23ClN4O3/c1-28(22-5-3-17(24)12-27-22)14-15-2-4-18-16(7-9-31-21(18)10-15)11-26-20-13-25-8-6-19(20)23(29)30/h2-6,8,10,12-13,16,26H,7,9,11,14H2,1H3,(H,29,30)/t16-/m0/s1. The number of nitrogens with zero attached hydrogens (tertiary/aromatic N) is 3. The molecule has 0 bridgehead atoms. The van der Waals surface area contributed by atoms with E-state index in [1.807, 2.05) is 19.2 Å². The van der Waals surface area contributed by atoms with Gasteiger partial charge in [-0.05, 0) is 41.8 Å². The van der Waals surface area contributed by atoms with Gasteiger partial charge in [0, 0.05) is 38.4 Å². The highest BCUT2D eigenvalue weighted by molar-refractivity contribution is 6.30. The SMILES string of the molecule is CN(Cc1ccc2c(c1)OCC[C@H]2CNc1cnccc1C(=O)O)c1ccc(Cl)cn1. The van der Waals surface area contributed by atoms with Crippen LogP contribution in [0.25, 0.3) is 0 Å². The molecule has 0 spiro atoms. The number of halogens is 1. The summed E-state index contributed by atoms with van der Waals surface area (Å²) in [5, 5.41) is 13.2. The summed E-state index contributed by atoms with van der Waals surface area (Å²) in [4.78, 5) is 21.9. The van der Waals surface area contributed by atoms with Gasteiger partial charge in [0.25, 0.3) is 0 Å². The van der Waals surface area contributed by atoms with Gasteiger partial charge in [-0.2, -0.15) is 0 Å². The van der Waals surface area contributed by atoms with Gasteiger partial charge in [-0.1, -0.05) is 23.7 Å². The van der Waals surface area contributed by atoms with E-state index in [1.165, 1.54) is 12.3 Å². The Morgan fingerprint density at radius 3 is 2.94 bits per heavy atom. The van der Waals surface area contributed by atoms with Crippen LogP contribution in [0.15, 0.2) is 55.0 Å². The summed E-state index contributed by atoms with van der Waals surface area (Å²) in [6.07, 6.45) is 5.53. The quantitative estimate of drug-likeness (QED) is 0.563. The normalized spacial score (nSPS) is 15.0. The topological polar surface area (TPSA) is 87.6 Å². The number of ether oxygens (including phenoxy) is 1. The fourth-order valence-corrected chi connectivity index (χ4v) is 3.83. The van der Waals surface area contributed by atoms with Gasteiger partial charge in [-0.25, -0.2) is 9.78 Å². The fourth-order valence-electron chi connectivity index (χ4n) is 3.72. The van der Waals surface area contributed by atoms with Crippen molar-refractivity contribution in [1.82, 2.24) is 9.97 Å². The molecule has 3 heterocycles. The van der Waals surface area contributed by atoms with Gasteiger partial charge in [-0.15, -0.1) is 0 Å². The van der Waals surface area contributed by atoms with Crippen LogP contribution < -0.4 is 15.0 Å². The van der Waals surface area contributed by atoms with Gasteiger partial charge in [-0.3, -0.25) is 4.98 Å². The Kier molecular flexibility index (Phi) is 6.23. The molecule has 0 saturated carbocycles. The van der Waals surface area contributed by atoms with E-state index in [0.29, 0.717) is 30.4 Å². The van der Waals surface area contributed by atoms with Crippen molar-refractivity contribution in [3.05, 3.63) is 76.7 Å². The molecule has 8 heteroatoms. The van der Waals surface area contributed by atoms with Gasteiger partial charge in [0.15, 0.2) is 0 Å². The molecular weight excluding hydrogens is 416 g/mol. The average Bonchev–Trinajstić information content (AvgIpc) is 2.78. The summed E-state index contributed by atoms with van der Waals surface area (Å²) < 4.78 is 5.93. The first-order chi connectivity index (χ1) is 15.0. The molecule has 3 aromatic rings. The Morgan fingerprint density at radius 2 is 2.16 bits per heavy atom. The molecule has 0 unspecified atom stereocenters. The summed E-state index contributed by atoms with van der Waals surface area (Å²) >= 11 is 5.92. The van der Waals surface area contributed by atoms with Crippen LogP contribution in [0.4, 0.5) is 11.5 Å². The summed E-state index contributed by atoms with van der Waals surface area (Å²) in [5.41, 5.74) is 2.98. The van der Waals surface area contributed by atoms with Crippen LogP contribution in [0.1, 0.15) is 33.8 Å². The zero-order valence-corrected chi connectivity index (χ0v) is 17.8. The van der Waals surface area contributed by atoms with Gasteiger partial charge in [0.2, 0.25) is 0 Å². The lowest BCUT2D eigenvalue weighted by Crippen LogP contribution is -2.22. The molecule has 0 radical (unpaired) electrons. The fraction of sp³-hybridized carbons (Fsp3) is 0.261. The lowest BCUT2D eigenvalue weighted by atomic mass is 9.92. The molecule has 1 atom stereocenters. The number of carbonyl (C=O) groups is 1. The van der Waals surface area contributed by atoms with E-state index in [4.69, 9.17) is 16.3 Å². The zero-order chi connectivity index (χ0) is 21.8. The van der Waals surface area contributed by atoms with Crippen molar-refractivity contribution in [3.8, 4) is 5.75 Å². The van der Waals surface area contributed by atoms with Crippen LogP contribution >= 0.6 is 11.6 Å². The Labute approximate surface area is 185 Å². The largest absolute Gasteiger partial charge is 0.493 e. The third-order valence-corrected chi connectivity index (χ3v) is 5.58. The molecule has 31 heavy (non-hydrogen) atoms. The molecule has 1 aliphatic rings. The number of carboxylic acids is 1. The van der Waals surface area contributed by atoms with E-state index in [1.54, 1.807) is 12.4 Å². The van der Waals surface area contributed by atoms with Crippen molar-refractivity contribution in [3.63, 3.8) is 0 Å². The molecule has 0 aliphatic carbocycles. The van der Waals surface area contributed by atoms with E-state index in [9.17, 15) is 9.90 Å². The molecule has 4 rings (SSSR count). The van der Waals surface area contributed by atoms with E-state index < -0.39 is 5.97 Å². The van der Waals surface area contributed by atoms with Gasteiger partial charge in [0.1, 0.15) is 11.6 Å². The second-order valence-electron chi connectivity index (χ2n) is 7.50. The minimum Gasteiger partial charge on any atom is -0.493 e. The first-order valence-corrected chi connectivity index (χ1v) is 10.4. The number of benzene rings is 1. The molecule has 0 amide bonds. The number of fused-ring (bicyclic) bond motifs is 1. The maximum Gasteiger partial charge on any atom is 0.337 e. The van der Waals surface area contributed by atoms with Crippen LogP contribution in [-0.2, 0) is 6.54 Å². The van der Waals surface area contributed by atoms with Crippen molar-refractivity contribution in [1.29, 1.82) is 0 Å². The van der Waals surface area contributed by atoms with Crippen molar-refractivity contribution >= 4 is 29.1 Å². The lowest BCUT2D eigenvalue weighted by molar-refractivity contribution is 0.0697. The predicted molar refractivity (Wildman–Crippen MR) is 120 cm³/mol. The second-order valence-corrected chi connectivity index (χ2v) is 7.94. The zero-order valence-electron chi connectivity index (χ0n) is 17.1. The van der Waals surface area contributed by atoms with Crippen molar-refractivity contribution in [2.24, 2.45) is 0 Å². The molecule has 2 N–H and O–H groups in total. The highest BCUT2D eigenvalue weighted by Gasteiger charge is 2.22. The molecule has 2 aromatic heterocycles. The smallest absolute Gasteiger partial charge is 0.337 e. The molecule has 1 aliphatic heterocycles. The number of rotatable bonds is 7. The minimum atomic E-state index is -0.971. The molecular formula is C23H23ClN4O3. The molecule has 7 nitrogen and oxygen atoms in total. The number of hydrogen-bond donors (Lipinski definition) is 2. The minimum absolute atomic E-state index is 0.218. The van der Waals surface area contributed by atoms with Crippen molar-refractivity contribution < 1.29 is 14.6 Å². The number of aromatic nitrogens is 2. The van der Waals surface area contributed by atoms with Crippen molar-refractivity contribution in [2.45, 2.75) is 18.9 Å². The molecule has 0 saturated heterocycles. The Hall–Kier alpha value is -3.32.